The lowest BCUT2D eigenvalue weighted by Crippen LogP contribution is -2.24. The van der Waals surface area contributed by atoms with Crippen molar-refractivity contribution in [2.24, 2.45) is 0 Å². The topological polar surface area (TPSA) is 93.0 Å². The minimum atomic E-state index is -0.415. The van der Waals surface area contributed by atoms with Crippen LogP contribution in [0.1, 0.15) is 36.8 Å². The van der Waals surface area contributed by atoms with E-state index in [4.69, 9.17) is 4.74 Å². The quantitative estimate of drug-likeness (QED) is 0.494. The lowest BCUT2D eigenvalue weighted by Gasteiger charge is -2.09. The number of pyridine rings is 1. The Morgan fingerprint density at radius 3 is 2.69 bits per heavy atom. The lowest BCUT2D eigenvalue weighted by atomic mass is 10.1. The standard InChI is InChI=1S/C24H18N4O4/c1-27-23(30)19-9-8-15(11-20(19)24(27)31)22(29)26-16-5-4-6-18(12-16)32-14-17-13-28-10-3-2-7-21(28)25-17/h2-13H,14H2,1H3,(H,26,29). The van der Waals surface area contributed by atoms with Gasteiger partial charge in [0.15, 0.2) is 0 Å². The zero-order chi connectivity index (χ0) is 22.2. The molecule has 2 aromatic heterocycles. The van der Waals surface area contributed by atoms with Crippen molar-refractivity contribution in [1.29, 1.82) is 0 Å². The summed E-state index contributed by atoms with van der Waals surface area (Å²) in [7, 11) is 1.42. The van der Waals surface area contributed by atoms with Crippen LogP contribution in [0.5, 0.6) is 5.75 Å². The molecule has 0 aliphatic carbocycles. The maximum absolute atomic E-state index is 12.7. The summed E-state index contributed by atoms with van der Waals surface area (Å²) in [6.45, 7) is 0.285. The van der Waals surface area contributed by atoms with Crippen LogP contribution in [0.4, 0.5) is 5.69 Å². The van der Waals surface area contributed by atoms with Crippen LogP contribution in [0.3, 0.4) is 0 Å². The van der Waals surface area contributed by atoms with Crippen molar-refractivity contribution in [3.05, 3.63) is 95.4 Å². The molecule has 1 aliphatic heterocycles. The number of benzene rings is 2. The lowest BCUT2D eigenvalue weighted by molar-refractivity contribution is 0.0693. The molecule has 32 heavy (non-hydrogen) atoms. The molecule has 2 aromatic carbocycles. The van der Waals surface area contributed by atoms with E-state index in [0.29, 0.717) is 17.0 Å². The molecule has 0 saturated heterocycles. The van der Waals surface area contributed by atoms with Crippen LogP contribution in [0, 0.1) is 0 Å². The van der Waals surface area contributed by atoms with Crippen LogP contribution < -0.4 is 10.1 Å². The molecule has 0 bridgehead atoms. The Hall–Kier alpha value is -4.46. The number of hydrogen-bond donors (Lipinski definition) is 1. The van der Waals surface area contributed by atoms with Gasteiger partial charge in [0.25, 0.3) is 17.7 Å². The maximum Gasteiger partial charge on any atom is 0.261 e. The minimum absolute atomic E-state index is 0.231. The predicted octanol–water partition coefficient (Wildman–Crippen LogP) is 3.39. The highest BCUT2D eigenvalue weighted by Gasteiger charge is 2.33. The molecule has 3 heterocycles. The fraction of sp³-hybridized carbons (Fsp3) is 0.0833. The molecule has 5 rings (SSSR count). The van der Waals surface area contributed by atoms with Gasteiger partial charge in [0.2, 0.25) is 0 Å². The molecule has 3 amide bonds. The first-order chi connectivity index (χ1) is 15.5. The Labute approximate surface area is 183 Å². The number of imidazole rings is 1. The van der Waals surface area contributed by atoms with Crippen molar-refractivity contribution in [1.82, 2.24) is 14.3 Å². The average molecular weight is 426 g/mol. The number of hydrogen-bond acceptors (Lipinski definition) is 5. The van der Waals surface area contributed by atoms with Gasteiger partial charge in [0, 0.05) is 36.8 Å². The van der Waals surface area contributed by atoms with Crippen LogP contribution in [-0.2, 0) is 6.61 Å². The van der Waals surface area contributed by atoms with Crippen LogP contribution in [0.15, 0.2) is 73.1 Å². The summed E-state index contributed by atoms with van der Waals surface area (Å²) in [5.41, 5.74) is 2.99. The highest BCUT2D eigenvalue weighted by molar-refractivity contribution is 6.22. The third-order valence-corrected chi connectivity index (χ3v) is 5.24. The van der Waals surface area contributed by atoms with E-state index >= 15 is 0 Å². The molecule has 8 nitrogen and oxygen atoms in total. The molecule has 4 aromatic rings. The SMILES string of the molecule is CN1C(=O)c2ccc(C(=O)Nc3cccc(OCc4cn5ccccc5n4)c3)cc2C1=O. The van der Waals surface area contributed by atoms with Gasteiger partial charge >= 0.3 is 0 Å². The van der Waals surface area contributed by atoms with Gasteiger partial charge in [-0.3, -0.25) is 19.3 Å². The number of amides is 3. The summed E-state index contributed by atoms with van der Waals surface area (Å²) in [6.07, 6.45) is 3.82. The fourth-order valence-corrected chi connectivity index (χ4v) is 3.58. The number of anilines is 1. The van der Waals surface area contributed by atoms with Gasteiger partial charge in [-0.05, 0) is 42.5 Å². The number of aromatic nitrogens is 2. The van der Waals surface area contributed by atoms with Gasteiger partial charge in [0.05, 0.1) is 16.8 Å². The van der Waals surface area contributed by atoms with Crippen LogP contribution in [-0.4, -0.2) is 39.1 Å². The van der Waals surface area contributed by atoms with Crippen molar-refractivity contribution >= 4 is 29.1 Å². The third kappa shape index (κ3) is 3.47. The molecule has 0 radical (unpaired) electrons. The summed E-state index contributed by atoms with van der Waals surface area (Å²) in [4.78, 5) is 42.4. The first-order valence-electron chi connectivity index (χ1n) is 9.93. The Kier molecular flexibility index (Phi) is 4.67. The number of nitrogens with one attached hydrogen (secondary N) is 1. The molecule has 1 N–H and O–H groups in total. The summed E-state index contributed by atoms with van der Waals surface area (Å²) in [5.74, 6) is -0.592. The molecule has 0 unspecified atom stereocenters. The minimum Gasteiger partial charge on any atom is -0.487 e. The van der Waals surface area contributed by atoms with Gasteiger partial charge in [-0.1, -0.05) is 12.1 Å². The van der Waals surface area contributed by atoms with Gasteiger partial charge < -0.3 is 14.5 Å². The molecular weight excluding hydrogens is 408 g/mol. The van der Waals surface area contributed by atoms with Crippen molar-refractivity contribution in [2.45, 2.75) is 6.61 Å². The summed E-state index contributed by atoms with van der Waals surface area (Å²) >= 11 is 0. The molecule has 158 valence electrons. The normalized spacial score (nSPS) is 12.8. The molecule has 0 spiro atoms. The van der Waals surface area contributed by atoms with Crippen molar-refractivity contribution in [3.63, 3.8) is 0 Å². The van der Waals surface area contributed by atoms with Crippen molar-refractivity contribution < 1.29 is 19.1 Å². The fourth-order valence-electron chi connectivity index (χ4n) is 3.58. The smallest absolute Gasteiger partial charge is 0.261 e. The Bertz CT molecular complexity index is 1360. The number of rotatable bonds is 5. The Balaban J connectivity index is 1.28. The molecule has 8 heteroatoms. The van der Waals surface area contributed by atoms with E-state index in [1.807, 2.05) is 35.0 Å². The van der Waals surface area contributed by atoms with E-state index in [9.17, 15) is 14.4 Å². The van der Waals surface area contributed by atoms with Crippen molar-refractivity contribution in [3.8, 4) is 5.75 Å². The van der Waals surface area contributed by atoms with Gasteiger partial charge in [-0.15, -0.1) is 0 Å². The predicted molar refractivity (Wildman–Crippen MR) is 117 cm³/mol. The second-order valence-corrected chi connectivity index (χ2v) is 7.40. The van der Waals surface area contributed by atoms with Crippen LogP contribution in [0.2, 0.25) is 0 Å². The summed E-state index contributed by atoms with van der Waals surface area (Å²) in [5, 5.41) is 2.80. The zero-order valence-electron chi connectivity index (χ0n) is 17.1. The third-order valence-electron chi connectivity index (χ3n) is 5.24. The summed E-state index contributed by atoms with van der Waals surface area (Å²) in [6, 6.07) is 17.3. The molecule has 0 saturated carbocycles. The number of carbonyl (C=O) groups is 3. The first kappa shape index (κ1) is 19.5. The second-order valence-electron chi connectivity index (χ2n) is 7.40. The number of imide groups is 1. The number of ether oxygens (including phenoxy) is 1. The monoisotopic (exact) mass is 426 g/mol. The Morgan fingerprint density at radius 2 is 1.84 bits per heavy atom. The van der Waals surface area contributed by atoms with Gasteiger partial charge in [0.1, 0.15) is 18.0 Å². The van der Waals surface area contributed by atoms with E-state index < -0.39 is 5.91 Å². The number of fused-ring (bicyclic) bond motifs is 2. The maximum atomic E-state index is 12.7. The van der Waals surface area contributed by atoms with Gasteiger partial charge in [-0.25, -0.2) is 4.98 Å². The zero-order valence-corrected chi connectivity index (χ0v) is 17.1. The van der Waals surface area contributed by atoms with E-state index in [2.05, 4.69) is 10.3 Å². The largest absolute Gasteiger partial charge is 0.487 e. The van der Waals surface area contributed by atoms with Crippen molar-refractivity contribution in [2.75, 3.05) is 12.4 Å². The van der Waals surface area contributed by atoms with Crippen LogP contribution in [0.25, 0.3) is 5.65 Å². The number of nitrogens with zero attached hydrogens (tertiary/aromatic N) is 3. The van der Waals surface area contributed by atoms with E-state index in [-0.39, 0.29) is 29.5 Å². The van der Waals surface area contributed by atoms with E-state index in [1.54, 1.807) is 24.3 Å². The van der Waals surface area contributed by atoms with E-state index in [0.717, 1.165) is 16.2 Å². The first-order valence-corrected chi connectivity index (χ1v) is 9.93. The molecule has 0 atom stereocenters. The van der Waals surface area contributed by atoms with Gasteiger partial charge in [-0.2, -0.15) is 0 Å². The highest BCUT2D eigenvalue weighted by atomic mass is 16.5. The highest BCUT2D eigenvalue weighted by Crippen LogP contribution is 2.24. The number of carbonyl (C=O) groups excluding carboxylic acids is 3. The second kappa shape index (κ2) is 7.66. The molecular formula is C24H18N4O4. The molecule has 1 aliphatic rings. The summed E-state index contributed by atoms with van der Waals surface area (Å²) < 4.78 is 7.75. The van der Waals surface area contributed by atoms with Crippen LogP contribution >= 0.6 is 0 Å². The average Bonchev–Trinajstić information content (AvgIpc) is 3.32. The van der Waals surface area contributed by atoms with E-state index in [1.165, 1.54) is 25.2 Å². The molecule has 0 fully saturated rings. The Morgan fingerprint density at radius 1 is 1.00 bits per heavy atom.